The number of ether oxygens (including phenoxy) is 2. The van der Waals surface area contributed by atoms with Gasteiger partial charge in [0.2, 0.25) is 11.8 Å². The summed E-state index contributed by atoms with van der Waals surface area (Å²) in [6.07, 6.45) is 1.38. The van der Waals surface area contributed by atoms with Crippen LogP contribution in [-0.2, 0) is 9.53 Å². The summed E-state index contributed by atoms with van der Waals surface area (Å²) in [5.41, 5.74) is 5.20. The number of nitrogens with one attached hydrogen (secondary N) is 1. The average Bonchev–Trinajstić information content (AvgIpc) is 2.43. The average molecular weight is 309 g/mol. The van der Waals surface area contributed by atoms with E-state index < -0.39 is 17.9 Å². The van der Waals surface area contributed by atoms with Crippen molar-refractivity contribution in [2.24, 2.45) is 5.73 Å². The Labute approximate surface area is 130 Å². The second-order valence-corrected chi connectivity index (χ2v) is 5.79. The minimum absolute atomic E-state index is 0.212. The highest BCUT2D eigenvalue weighted by atomic mass is 16.5. The SMILES string of the molecule is CC(NC(=O)c1ccc(OCCOC(C)(C)C)nc1)C(N)=O. The molecule has 0 saturated heterocycles. The zero-order valence-corrected chi connectivity index (χ0v) is 13.4. The van der Waals surface area contributed by atoms with Crippen LogP contribution in [0.2, 0.25) is 0 Å². The quantitative estimate of drug-likeness (QED) is 0.728. The van der Waals surface area contributed by atoms with Gasteiger partial charge >= 0.3 is 0 Å². The number of nitrogens with zero attached hydrogens (tertiary/aromatic N) is 1. The monoisotopic (exact) mass is 309 g/mol. The van der Waals surface area contributed by atoms with Crippen LogP contribution >= 0.6 is 0 Å². The lowest BCUT2D eigenvalue weighted by Gasteiger charge is -2.19. The van der Waals surface area contributed by atoms with Crippen LogP contribution in [0, 0.1) is 0 Å². The van der Waals surface area contributed by atoms with E-state index in [0.29, 0.717) is 24.7 Å². The van der Waals surface area contributed by atoms with Crippen molar-refractivity contribution in [3.05, 3.63) is 23.9 Å². The van der Waals surface area contributed by atoms with Gasteiger partial charge in [0, 0.05) is 12.3 Å². The molecule has 7 nitrogen and oxygen atoms in total. The largest absolute Gasteiger partial charge is 0.475 e. The maximum Gasteiger partial charge on any atom is 0.253 e. The first-order valence-electron chi connectivity index (χ1n) is 7.02. The van der Waals surface area contributed by atoms with Crippen LogP contribution in [0.25, 0.3) is 0 Å². The molecule has 0 aromatic carbocycles. The molecular weight excluding hydrogens is 286 g/mol. The van der Waals surface area contributed by atoms with Crippen LogP contribution in [-0.4, -0.2) is 41.7 Å². The Morgan fingerprint density at radius 1 is 1.32 bits per heavy atom. The minimum Gasteiger partial charge on any atom is -0.475 e. The van der Waals surface area contributed by atoms with Crippen LogP contribution in [0.3, 0.4) is 0 Å². The molecule has 1 atom stereocenters. The molecule has 1 rings (SSSR count). The molecular formula is C15H23N3O4. The van der Waals surface area contributed by atoms with Gasteiger partial charge in [0.25, 0.3) is 5.91 Å². The lowest BCUT2D eigenvalue weighted by molar-refractivity contribution is -0.119. The number of pyridine rings is 1. The minimum atomic E-state index is -0.738. The highest BCUT2D eigenvalue weighted by molar-refractivity contribution is 5.96. The van der Waals surface area contributed by atoms with Crippen molar-refractivity contribution in [1.29, 1.82) is 0 Å². The molecule has 0 aliphatic heterocycles. The number of aromatic nitrogens is 1. The van der Waals surface area contributed by atoms with E-state index in [4.69, 9.17) is 15.2 Å². The molecule has 122 valence electrons. The molecule has 0 aliphatic carbocycles. The van der Waals surface area contributed by atoms with Gasteiger partial charge in [-0.3, -0.25) is 9.59 Å². The number of hydrogen-bond acceptors (Lipinski definition) is 5. The molecule has 3 N–H and O–H groups in total. The number of carbonyl (C=O) groups excluding carboxylic acids is 2. The smallest absolute Gasteiger partial charge is 0.253 e. The topological polar surface area (TPSA) is 104 Å². The number of primary amides is 1. The fraction of sp³-hybridized carbons (Fsp3) is 0.533. The molecule has 0 bridgehead atoms. The maximum absolute atomic E-state index is 11.8. The molecule has 1 aromatic rings. The Bertz CT molecular complexity index is 509. The third kappa shape index (κ3) is 6.53. The molecule has 0 fully saturated rings. The molecule has 22 heavy (non-hydrogen) atoms. The second kappa shape index (κ2) is 7.74. The Kier molecular flexibility index (Phi) is 6.30. The van der Waals surface area contributed by atoms with Gasteiger partial charge in [0.1, 0.15) is 12.6 Å². The third-order valence-corrected chi connectivity index (χ3v) is 2.64. The molecule has 1 aromatic heterocycles. The first kappa shape index (κ1) is 17.9. The number of hydrogen-bond donors (Lipinski definition) is 2. The molecule has 1 unspecified atom stereocenters. The van der Waals surface area contributed by atoms with Crippen LogP contribution in [0.5, 0.6) is 5.88 Å². The summed E-state index contributed by atoms with van der Waals surface area (Å²) in [4.78, 5) is 26.8. The number of carbonyl (C=O) groups is 2. The van der Waals surface area contributed by atoms with Crippen LogP contribution < -0.4 is 15.8 Å². The first-order valence-corrected chi connectivity index (χ1v) is 7.02. The summed E-state index contributed by atoms with van der Waals surface area (Å²) in [7, 11) is 0. The zero-order valence-electron chi connectivity index (χ0n) is 13.4. The van der Waals surface area contributed by atoms with Crippen molar-refractivity contribution in [1.82, 2.24) is 10.3 Å². The molecule has 7 heteroatoms. The summed E-state index contributed by atoms with van der Waals surface area (Å²) in [6.45, 7) is 8.22. The molecule has 2 amide bonds. The zero-order chi connectivity index (χ0) is 16.8. The van der Waals surface area contributed by atoms with E-state index in [1.165, 1.54) is 13.1 Å². The third-order valence-electron chi connectivity index (χ3n) is 2.64. The fourth-order valence-electron chi connectivity index (χ4n) is 1.45. The highest BCUT2D eigenvalue weighted by Crippen LogP contribution is 2.09. The summed E-state index contributed by atoms with van der Waals surface area (Å²) >= 11 is 0. The predicted molar refractivity (Wildman–Crippen MR) is 81.6 cm³/mol. The number of nitrogens with two attached hydrogens (primary N) is 1. The Morgan fingerprint density at radius 3 is 2.50 bits per heavy atom. The predicted octanol–water partition coefficient (Wildman–Crippen LogP) is 0.879. The molecule has 0 saturated carbocycles. The normalized spacial score (nSPS) is 12.5. The number of rotatable bonds is 7. The molecule has 0 aliphatic rings. The van der Waals surface area contributed by atoms with E-state index in [1.54, 1.807) is 12.1 Å². The number of amides is 2. The van der Waals surface area contributed by atoms with Crippen molar-refractivity contribution < 1.29 is 19.1 Å². The maximum atomic E-state index is 11.8. The summed E-state index contributed by atoms with van der Waals surface area (Å²) in [5.74, 6) is -0.612. The molecule has 0 radical (unpaired) electrons. The molecule has 1 heterocycles. The van der Waals surface area contributed by atoms with Crippen molar-refractivity contribution >= 4 is 11.8 Å². The lowest BCUT2D eigenvalue weighted by atomic mass is 10.2. The standard InChI is InChI=1S/C15H23N3O4/c1-10(13(16)19)18-14(20)11-5-6-12(17-9-11)21-7-8-22-15(2,3)4/h5-6,9-10H,7-8H2,1-4H3,(H2,16,19)(H,18,20). The van der Waals surface area contributed by atoms with Gasteiger partial charge in [0.15, 0.2) is 0 Å². The Hall–Kier alpha value is -2.15. The van der Waals surface area contributed by atoms with Gasteiger partial charge < -0.3 is 20.5 Å². The first-order chi connectivity index (χ1) is 10.2. The van der Waals surface area contributed by atoms with E-state index in [0.717, 1.165) is 0 Å². The van der Waals surface area contributed by atoms with Gasteiger partial charge in [-0.25, -0.2) is 4.98 Å². The van der Waals surface area contributed by atoms with E-state index in [-0.39, 0.29) is 5.60 Å². The molecule has 0 spiro atoms. The Morgan fingerprint density at radius 2 is 2.00 bits per heavy atom. The highest BCUT2D eigenvalue weighted by Gasteiger charge is 2.14. The Balaban J connectivity index is 2.46. The van der Waals surface area contributed by atoms with Gasteiger partial charge in [-0.2, -0.15) is 0 Å². The summed E-state index contributed by atoms with van der Waals surface area (Å²) < 4.78 is 10.9. The second-order valence-electron chi connectivity index (χ2n) is 5.79. The van der Waals surface area contributed by atoms with E-state index in [2.05, 4.69) is 10.3 Å². The van der Waals surface area contributed by atoms with Gasteiger partial charge in [-0.1, -0.05) is 0 Å². The summed E-state index contributed by atoms with van der Waals surface area (Å²) in [5, 5.41) is 2.47. The van der Waals surface area contributed by atoms with Crippen molar-refractivity contribution in [3.8, 4) is 5.88 Å². The van der Waals surface area contributed by atoms with Crippen LogP contribution in [0.1, 0.15) is 38.1 Å². The van der Waals surface area contributed by atoms with Gasteiger partial charge in [0.05, 0.1) is 17.8 Å². The van der Waals surface area contributed by atoms with Crippen molar-refractivity contribution in [3.63, 3.8) is 0 Å². The van der Waals surface area contributed by atoms with E-state index in [1.807, 2.05) is 20.8 Å². The van der Waals surface area contributed by atoms with Crippen LogP contribution in [0.15, 0.2) is 18.3 Å². The van der Waals surface area contributed by atoms with Gasteiger partial charge in [-0.15, -0.1) is 0 Å². The van der Waals surface area contributed by atoms with Crippen molar-refractivity contribution in [2.75, 3.05) is 13.2 Å². The van der Waals surface area contributed by atoms with E-state index >= 15 is 0 Å². The van der Waals surface area contributed by atoms with Crippen molar-refractivity contribution in [2.45, 2.75) is 39.3 Å². The van der Waals surface area contributed by atoms with E-state index in [9.17, 15) is 9.59 Å². The lowest BCUT2D eigenvalue weighted by Crippen LogP contribution is -2.42. The fourth-order valence-corrected chi connectivity index (χ4v) is 1.45. The van der Waals surface area contributed by atoms with Gasteiger partial charge in [-0.05, 0) is 33.8 Å². The van der Waals surface area contributed by atoms with Crippen LogP contribution in [0.4, 0.5) is 0 Å². The summed E-state index contributed by atoms with van der Waals surface area (Å²) in [6, 6.07) is 2.41.